The van der Waals surface area contributed by atoms with E-state index in [0.717, 1.165) is 24.0 Å². The lowest BCUT2D eigenvalue weighted by atomic mass is 10.0. The van der Waals surface area contributed by atoms with E-state index in [1.54, 1.807) is 0 Å². The van der Waals surface area contributed by atoms with Gasteiger partial charge in [-0.05, 0) is 24.0 Å². The Morgan fingerprint density at radius 2 is 1.95 bits per heavy atom. The van der Waals surface area contributed by atoms with Crippen LogP contribution in [0.5, 0.6) is 0 Å². The molecule has 4 N–H and O–H groups in total. The third-order valence-corrected chi connectivity index (χ3v) is 2.97. The van der Waals surface area contributed by atoms with E-state index in [-0.39, 0.29) is 12.5 Å². The second-order valence-electron chi connectivity index (χ2n) is 4.22. The number of para-hydroxylation sites is 1. The number of rotatable bonds is 4. The van der Waals surface area contributed by atoms with Crippen LogP contribution in [-0.4, -0.2) is 18.5 Å². The van der Waals surface area contributed by atoms with Crippen LogP contribution < -0.4 is 16.0 Å². The molecule has 0 saturated heterocycles. The predicted octanol–water partition coefficient (Wildman–Crippen LogP) is 1.85. The first-order chi connectivity index (χ1) is 9.56. The lowest BCUT2D eigenvalue weighted by molar-refractivity contribution is 0.250. The first-order valence-electron chi connectivity index (χ1n) is 6.52. The molecule has 0 aliphatic rings. The number of hydrogen-bond donors (Lipinski definition) is 3. The molecular weight excluding hydrogens is 252 g/mol. The van der Waals surface area contributed by atoms with Gasteiger partial charge in [0.1, 0.15) is 0 Å². The quantitative estimate of drug-likeness (QED) is 0.444. The Morgan fingerprint density at radius 3 is 2.35 bits per heavy atom. The summed E-state index contributed by atoms with van der Waals surface area (Å²) in [7, 11) is 0. The van der Waals surface area contributed by atoms with Crippen LogP contribution in [0.4, 0.5) is 10.5 Å². The fourth-order valence-corrected chi connectivity index (χ4v) is 2.04. The van der Waals surface area contributed by atoms with Crippen LogP contribution in [0.1, 0.15) is 25.0 Å². The molecule has 1 aromatic carbocycles. The number of amides is 2. The second-order valence-corrected chi connectivity index (χ2v) is 4.22. The first kappa shape index (κ1) is 15.6. The van der Waals surface area contributed by atoms with Gasteiger partial charge in [0.15, 0.2) is 0 Å². The summed E-state index contributed by atoms with van der Waals surface area (Å²) in [6, 6.07) is 5.32. The van der Waals surface area contributed by atoms with Crippen molar-refractivity contribution in [1.82, 2.24) is 5.32 Å². The molecule has 1 rings (SSSR count). The SMILES string of the molecule is C#CCNC(=O)N(C(=N)N)c1c(CC)cccc1CC. The van der Waals surface area contributed by atoms with Gasteiger partial charge in [0.2, 0.25) is 5.96 Å². The van der Waals surface area contributed by atoms with Crippen LogP contribution >= 0.6 is 0 Å². The summed E-state index contributed by atoms with van der Waals surface area (Å²) in [6.07, 6.45) is 6.63. The van der Waals surface area contributed by atoms with E-state index in [1.165, 1.54) is 4.90 Å². The van der Waals surface area contributed by atoms with Gasteiger partial charge < -0.3 is 11.1 Å². The van der Waals surface area contributed by atoms with E-state index in [2.05, 4.69) is 11.2 Å². The van der Waals surface area contributed by atoms with Crippen molar-refractivity contribution in [3.8, 4) is 12.3 Å². The third-order valence-electron chi connectivity index (χ3n) is 2.97. The third kappa shape index (κ3) is 3.29. The molecule has 0 radical (unpaired) electrons. The number of carbonyl (C=O) groups is 1. The van der Waals surface area contributed by atoms with Gasteiger partial charge in [-0.2, -0.15) is 0 Å². The number of benzene rings is 1. The number of guanidine groups is 1. The molecule has 0 unspecified atom stereocenters. The Kier molecular flexibility index (Phi) is 5.60. The van der Waals surface area contributed by atoms with Crippen molar-refractivity contribution in [2.24, 2.45) is 5.73 Å². The fourth-order valence-electron chi connectivity index (χ4n) is 2.04. The summed E-state index contributed by atoms with van der Waals surface area (Å²) in [6.45, 7) is 4.09. The molecule has 0 heterocycles. The number of anilines is 1. The number of urea groups is 1. The largest absolute Gasteiger partial charge is 0.369 e. The van der Waals surface area contributed by atoms with Gasteiger partial charge in [-0.3, -0.25) is 5.41 Å². The van der Waals surface area contributed by atoms with Crippen LogP contribution in [0.15, 0.2) is 18.2 Å². The molecule has 2 amide bonds. The summed E-state index contributed by atoms with van der Waals surface area (Å²) in [5, 5.41) is 10.2. The number of terminal acetylenes is 1. The van der Waals surface area contributed by atoms with Crippen molar-refractivity contribution in [3.63, 3.8) is 0 Å². The minimum absolute atomic E-state index is 0.0956. The highest BCUT2D eigenvalue weighted by atomic mass is 16.2. The molecule has 20 heavy (non-hydrogen) atoms. The molecule has 5 nitrogen and oxygen atoms in total. The molecule has 0 aliphatic carbocycles. The summed E-state index contributed by atoms with van der Waals surface area (Å²) in [5.41, 5.74) is 8.20. The number of aryl methyl sites for hydroxylation is 2. The van der Waals surface area contributed by atoms with Crippen LogP contribution in [0.3, 0.4) is 0 Å². The monoisotopic (exact) mass is 272 g/mol. The van der Waals surface area contributed by atoms with Crippen LogP contribution in [0.2, 0.25) is 0 Å². The van der Waals surface area contributed by atoms with E-state index < -0.39 is 6.03 Å². The lowest BCUT2D eigenvalue weighted by Gasteiger charge is -2.25. The van der Waals surface area contributed by atoms with Gasteiger partial charge >= 0.3 is 6.03 Å². The van der Waals surface area contributed by atoms with Crippen LogP contribution in [0.25, 0.3) is 0 Å². The van der Waals surface area contributed by atoms with Gasteiger partial charge in [-0.1, -0.05) is 38.0 Å². The molecule has 0 aliphatic heterocycles. The molecule has 0 bridgehead atoms. The van der Waals surface area contributed by atoms with Crippen molar-refractivity contribution >= 4 is 17.7 Å². The maximum atomic E-state index is 12.2. The van der Waals surface area contributed by atoms with Crippen LogP contribution in [0, 0.1) is 17.8 Å². The maximum Gasteiger partial charge on any atom is 0.329 e. The standard InChI is InChI=1S/C15H20N4O/c1-4-10-18-15(20)19(14(16)17)13-11(5-2)8-7-9-12(13)6-3/h1,7-9H,5-6,10H2,2-3H3,(H3,16,17)(H,18,20). The van der Waals surface area contributed by atoms with E-state index in [4.69, 9.17) is 17.6 Å². The van der Waals surface area contributed by atoms with E-state index in [9.17, 15) is 4.79 Å². The van der Waals surface area contributed by atoms with Crippen molar-refractivity contribution in [1.29, 1.82) is 5.41 Å². The van der Waals surface area contributed by atoms with Gasteiger partial charge in [0.05, 0.1) is 12.2 Å². The fraction of sp³-hybridized carbons (Fsp3) is 0.333. The number of nitrogens with two attached hydrogens (primary N) is 1. The van der Waals surface area contributed by atoms with E-state index >= 15 is 0 Å². The van der Waals surface area contributed by atoms with E-state index in [0.29, 0.717) is 5.69 Å². The number of carbonyl (C=O) groups excluding carboxylic acids is 1. The zero-order chi connectivity index (χ0) is 15.1. The van der Waals surface area contributed by atoms with Gasteiger partial charge in [0.25, 0.3) is 0 Å². The minimum atomic E-state index is -0.481. The molecule has 1 aromatic rings. The number of nitrogens with one attached hydrogen (secondary N) is 2. The number of hydrogen-bond acceptors (Lipinski definition) is 2. The molecule has 0 aromatic heterocycles. The zero-order valence-corrected chi connectivity index (χ0v) is 11.9. The summed E-state index contributed by atoms with van der Waals surface area (Å²) in [5.74, 6) is 2.01. The zero-order valence-electron chi connectivity index (χ0n) is 11.9. The van der Waals surface area contributed by atoms with Crippen molar-refractivity contribution < 1.29 is 4.79 Å². The molecule has 0 saturated carbocycles. The summed E-state index contributed by atoms with van der Waals surface area (Å²) < 4.78 is 0. The van der Waals surface area contributed by atoms with Gasteiger partial charge in [-0.15, -0.1) is 6.42 Å². The van der Waals surface area contributed by atoms with Gasteiger partial charge in [0, 0.05) is 0 Å². The Balaban J connectivity index is 3.31. The average molecular weight is 272 g/mol. The topological polar surface area (TPSA) is 82.2 Å². The highest BCUT2D eigenvalue weighted by Crippen LogP contribution is 2.26. The predicted molar refractivity (Wildman–Crippen MR) is 81.8 cm³/mol. The molecule has 5 heteroatoms. The Labute approximate surface area is 119 Å². The van der Waals surface area contributed by atoms with Crippen LogP contribution in [-0.2, 0) is 12.8 Å². The lowest BCUT2D eigenvalue weighted by Crippen LogP contribution is -2.48. The van der Waals surface area contributed by atoms with Crippen molar-refractivity contribution in [2.75, 3.05) is 11.4 Å². The van der Waals surface area contributed by atoms with Crippen molar-refractivity contribution in [2.45, 2.75) is 26.7 Å². The molecule has 0 spiro atoms. The maximum absolute atomic E-state index is 12.2. The highest BCUT2D eigenvalue weighted by molar-refractivity contribution is 6.14. The Morgan fingerprint density at radius 1 is 1.40 bits per heavy atom. The second kappa shape index (κ2) is 7.19. The summed E-state index contributed by atoms with van der Waals surface area (Å²) in [4.78, 5) is 13.4. The smallest absolute Gasteiger partial charge is 0.329 e. The van der Waals surface area contributed by atoms with Gasteiger partial charge in [-0.25, -0.2) is 9.69 Å². The molecule has 0 fully saturated rings. The number of nitrogens with zero attached hydrogens (tertiary/aromatic N) is 1. The first-order valence-corrected chi connectivity index (χ1v) is 6.52. The molecule has 0 atom stereocenters. The Hall–Kier alpha value is -2.48. The highest BCUT2D eigenvalue weighted by Gasteiger charge is 2.23. The Bertz CT molecular complexity index is 523. The minimum Gasteiger partial charge on any atom is -0.369 e. The molecular formula is C15H20N4O. The average Bonchev–Trinajstić information content (AvgIpc) is 2.44. The molecule has 106 valence electrons. The van der Waals surface area contributed by atoms with E-state index in [1.807, 2.05) is 32.0 Å². The summed E-state index contributed by atoms with van der Waals surface area (Å²) >= 11 is 0. The van der Waals surface area contributed by atoms with Crippen molar-refractivity contribution in [3.05, 3.63) is 29.3 Å². The normalized spacial score (nSPS) is 9.65.